The van der Waals surface area contributed by atoms with E-state index in [4.69, 9.17) is 9.84 Å². The first kappa shape index (κ1) is 44.6. The molecule has 1 amide bonds. The highest BCUT2D eigenvalue weighted by Gasteiger charge is 2.21. The third kappa shape index (κ3) is 30.5. The van der Waals surface area contributed by atoms with Gasteiger partial charge in [0.25, 0.3) is 5.09 Å². The second kappa shape index (κ2) is 30.2. The fourth-order valence-corrected chi connectivity index (χ4v) is 4.71. The van der Waals surface area contributed by atoms with E-state index in [1.165, 1.54) is 44.1 Å². The van der Waals surface area contributed by atoms with Gasteiger partial charge in [0.1, 0.15) is 6.54 Å². The van der Waals surface area contributed by atoms with E-state index in [1.54, 1.807) is 0 Å². The fourth-order valence-electron chi connectivity index (χ4n) is 4.71. The van der Waals surface area contributed by atoms with Gasteiger partial charge in [-0.25, -0.2) is 0 Å². The number of carbonyl (C=O) groups is 3. The number of carboxylic acids is 1. The van der Waals surface area contributed by atoms with Gasteiger partial charge < -0.3 is 30.6 Å². The number of amides is 1. The smallest absolute Gasteiger partial charge is 0.322 e. The molecule has 12 nitrogen and oxygen atoms in total. The summed E-state index contributed by atoms with van der Waals surface area (Å²) in [6, 6.07) is 10.8. The maximum absolute atomic E-state index is 11.0. The minimum atomic E-state index is -1.09. The Labute approximate surface area is 274 Å². The van der Waals surface area contributed by atoms with Gasteiger partial charge in [0.15, 0.2) is 0 Å². The summed E-state index contributed by atoms with van der Waals surface area (Å²) in [6.07, 6.45) is 18.2. The van der Waals surface area contributed by atoms with Crippen molar-refractivity contribution in [3.8, 4) is 0 Å². The summed E-state index contributed by atoms with van der Waals surface area (Å²) in [5.41, 5.74) is 1.46. The van der Waals surface area contributed by atoms with Crippen molar-refractivity contribution in [2.75, 3.05) is 13.2 Å². The number of esters is 1. The first-order valence-electron chi connectivity index (χ1n) is 16.3. The Morgan fingerprint density at radius 1 is 1.02 bits per heavy atom. The third-order valence-corrected chi connectivity index (χ3v) is 6.97. The largest absolute Gasteiger partial charge is 0.480 e. The molecule has 0 heterocycles. The Kier molecular flexibility index (Phi) is 29.3. The average Bonchev–Trinajstić information content (AvgIpc) is 3.41. The molecule has 1 saturated carbocycles. The number of aliphatic hydroxyl groups excluding tert-OH is 1. The van der Waals surface area contributed by atoms with Gasteiger partial charge in [-0.15, -0.1) is 10.1 Å². The van der Waals surface area contributed by atoms with Crippen LogP contribution in [0.3, 0.4) is 0 Å². The second-order valence-corrected chi connectivity index (χ2v) is 11.5. The summed E-state index contributed by atoms with van der Waals surface area (Å²) in [4.78, 5) is 45.9. The lowest BCUT2D eigenvalue weighted by Gasteiger charge is -2.08. The van der Waals surface area contributed by atoms with Gasteiger partial charge in [-0.05, 0) is 90.0 Å². The fraction of sp³-hybridized carbons (Fsp3) is 0.676. The van der Waals surface area contributed by atoms with Gasteiger partial charge in [-0.2, -0.15) is 0 Å². The summed E-state index contributed by atoms with van der Waals surface area (Å²) in [7, 11) is 0. The van der Waals surface area contributed by atoms with Gasteiger partial charge in [0, 0.05) is 12.8 Å². The van der Waals surface area contributed by atoms with E-state index in [2.05, 4.69) is 46.6 Å². The number of nitrogens with zero attached hydrogens (tertiary/aromatic N) is 1. The Bertz CT molecular complexity index is 957. The van der Waals surface area contributed by atoms with Crippen LogP contribution in [0, 0.1) is 16.0 Å². The van der Waals surface area contributed by atoms with Crippen LogP contribution in [0.1, 0.15) is 116 Å². The van der Waals surface area contributed by atoms with E-state index in [0.29, 0.717) is 25.7 Å². The van der Waals surface area contributed by atoms with E-state index < -0.39 is 11.1 Å². The number of aliphatic hydroxyl groups is 1. The standard InChI is InChI=1S/C16H24O.C10H18O2.C8H14N2O6.H2O/c17-16-12-11-15(13-16)10-6-2-5-9-14-7-3-1-4-8-14;1-4-5-6-7-8-10(11)12-9(2)3;11-7(9-6-8(12)13)4-2-1-3-5-16-10(14)15;/h1,3-4,7-8,15-17H,2,5-6,9-13H2;4-5,9H,6-8H2,1-3H3;1-6H2,(H,9,11)(H,12,13);1H2/b;5-4-;;. The van der Waals surface area contributed by atoms with E-state index >= 15 is 0 Å². The molecule has 2 atom stereocenters. The third-order valence-electron chi connectivity index (χ3n) is 6.97. The molecular weight excluding hydrogens is 596 g/mol. The molecular formula is C34H58N2O10. The average molecular weight is 655 g/mol. The molecule has 264 valence electrons. The Balaban J connectivity index is 0. The lowest BCUT2D eigenvalue weighted by Crippen LogP contribution is -2.28. The van der Waals surface area contributed by atoms with Crippen LogP contribution in [-0.2, 0) is 30.4 Å². The topological polar surface area (TPSA) is 197 Å². The maximum atomic E-state index is 11.0. The predicted octanol–water partition coefficient (Wildman–Crippen LogP) is 5.77. The zero-order valence-corrected chi connectivity index (χ0v) is 28.0. The predicted molar refractivity (Wildman–Crippen MR) is 178 cm³/mol. The summed E-state index contributed by atoms with van der Waals surface area (Å²) in [5, 5.41) is 28.8. The molecule has 0 aliphatic heterocycles. The van der Waals surface area contributed by atoms with Crippen molar-refractivity contribution < 1.29 is 44.7 Å². The van der Waals surface area contributed by atoms with Gasteiger partial charge in [-0.3, -0.25) is 14.4 Å². The molecule has 1 fully saturated rings. The molecule has 46 heavy (non-hydrogen) atoms. The second-order valence-electron chi connectivity index (χ2n) is 11.5. The number of hydrogen-bond donors (Lipinski definition) is 3. The molecule has 1 aliphatic carbocycles. The zero-order chi connectivity index (χ0) is 33.7. The van der Waals surface area contributed by atoms with Crippen molar-refractivity contribution in [2.45, 2.75) is 129 Å². The Morgan fingerprint density at radius 2 is 1.72 bits per heavy atom. The van der Waals surface area contributed by atoms with Crippen LogP contribution in [0.5, 0.6) is 0 Å². The normalized spacial score (nSPS) is 15.1. The van der Waals surface area contributed by atoms with Gasteiger partial charge in [-0.1, -0.05) is 68.2 Å². The van der Waals surface area contributed by atoms with E-state index in [1.807, 2.05) is 26.8 Å². The number of carbonyl (C=O) groups excluding carboxylic acids is 2. The molecule has 2 unspecified atom stereocenters. The van der Waals surface area contributed by atoms with E-state index in [-0.39, 0.29) is 49.1 Å². The minimum absolute atomic E-state index is 0. The van der Waals surface area contributed by atoms with Gasteiger partial charge in [0.2, 0.25) is 5.91 Å². The summed E-state index contributed by atoms with van der Waals surface area (Å²) in [6.45, 7) is 5.34. The number of allylic oxidation sites excluding steroid dienone is 2. The lowest BCUT2D eigenvalue weighted by atomic mass is 9.98. The van der Waals surface area contributed by atoms with Crippen LogP contribution in [0.15, 0.2) is 42.5 Å². The monoisotopic (exact) mass is 654 g/mol. The number of benzene rings is 1. The molecule has 5 N–H and O–H groups in total. The molecule has 12 heteroatoms. The number of rotatable bonds is 20. The van der Waals surface area contributed by atoms with E-state index in [0.717, 1.165) is 31.6 Å². The molecule has 2 rings (SSSR count). The van der Waals surface area contributed by atoms with Crippen LogP contribution in [0.2, 0.25) is 0 Å². The molecule has 0 radical (unpaired) electrons. The van der Waals surface area contributed by atoms with Crippen molar-refractivity contribution in [2.24, 2.45) is 5.92 Å². The number of nitrogens with one attached hydrogen (secondary N) is 1. The van der Waals surface area contributed by atoms with E-state index in [9.17, 15) is 29.6 Å². The first-order valence-corrected chi connectivity index (χ1v) is 16.3. The minimum Gasteiger partial charge on any atom is -0.480 e. The highest BCUT2D eigenvalue weighted by atomic mass is 16.9. The number of unbranched alkanes of at least 4 members (excludes halogenated alkanes) is 5. The molecule has 0 spiro atoms. The number of ether oxygens (including phenoxy) is 1. The van der Waals surface area contributed by atoms with Crippen LogP contribution in [0.25, 0.3) is 0 Å². The van der Waals surface area contributed by atoms with Gasteiger partial charge >= 0.3 is 11.9 Å². The van der Waals surface area contributed by atoms with Crippen LogP contribution >= 0.6 is 0 Å². The Morgan fingerprint density at radius 3 is 2.30 bits per heavy atom. The van der Waals surface area contributed by atoms with Crippen LogP contribution in [-0.4, -0.2) is 64.0 Å². The number of carboxylic acid groups (broad SMARTS) is 1. The summed E-state index contributed by atoms with van der Waals surface area (Å²) >= 11 is 0. The molecule has 0 bridgehead atoms. The van der Waals surface area contributed by atoms with Crippen molar-refractivity contribution >= 4 is 17.8 Å². The van der Waals surface area contributed by atoms with Crippen molar-refractivity contribution in [3.63, 3.8) is 0 Å². The highest BCUT2D eigenvalue weighted by molar-refractivity contribution is 5.80. The molecule has 1 aliphatic rings. The molecule has 1 aromatic rings. The number of aliphatic carboxylic acids is 1. The van der Waals surface area contributed by atoms with Crippen LogP contribution in [0.4, 0.5) is 0 Å². The highest BCUT2D eigenvalue weighted by Crippen LogP contribution is 2.29. The number of hydrogen-bond acceptors (Lipinski definition) is 8. The Hall–Kier alpha value is -3.51. The summed E-state index contributed by atoms with van der Waals surface area (Å²) < 4.78 is 4.97. The molecule has 0 aromatic heterocycles. The van der Waals surface area contributed by atoms with Crippen molar-refractivity contribution in [1.29, 1.82) is 0 Å². The quantitative estimate of drug-likeness (QED) is 0.0514. The number of aryl methyl sites for hydroxylation is 1. The molecule has 1 aromatic carbocycles. The first-order chi connectivity index (χ1) is 21.5. The van der Waals surface area contributed by atoms with Crippen molar-refractivity contribution in [3.05, 3.63) is 58.2 Å². The maximum Gasteiger partial charge on any atom is 0.322 e. The molecule has 0 saturated heterocycles. The summed E-state index contributed by atoms with van der Waals surface area (Å²) in [5.74, 6) is -0.707. The lowest BCUT2D eigenvalue weighted by molar-refractivity contribution is -0.757. The van der Waals surface area contributed by atoms with Crippen LogP contribution < -0.4 is 5.32 Å². The zero-order valence-electron chi connectivity index (χ0n) is 28.0. The van der Waals surface area contributed by atoms with Gasteiger partial charge in [0.05, 0.1) is 18.8 Å². The SMILES string of the molecule is C/C=C\CCCC(=O)OC(C)C.O.O=C(O)CNC(=O)CCCCCO[N+](=O)[O-].OC1CCC(CCCCCc2ccccc2)C1. The van der Waals surface area contributed by atoms with Crippen molar-refractivity contribution in [1.82, 2.24) is 5.32 Å².